The Balaban J connectivity index is 2.14. The molecule has 84 valence electrons. The van der Waals surface area contributed by atoms with Gasteiger partial charge in [-0.25, -0.2) is 0 Å². The van der Waals surface area contributed by atoms with E-state index in [-0.39, 0.29) is 0 Å². The lowest BCUT2D eigenvalue weighted by molar-refractivity contribution is 0.991. The van der Waals surface area contributed by atoms with Crippen LogP contribution >= 0.6 is 0 Å². The Labute approximate surface area is 103 Å². The van der Waals surface area contributed by atoms with E-state index in [2.05, 4.69) is 61.5 Å². The van der Waals surface area contributed by atoms with E-state index >= 15 is 0 Å². The van der Waals surface area contributed by atoms with Crippen LogP contribution in [0, 0.1) is 0 Å². The maximum Gasteiger partial charge on any atom is -0.0192 e. The van der Waals surface area contributed by atoms with Crippen LogP contribution in [0.3, 0.4) is 0 Å². The summed E-state index contributed by atoms with van der Waals surface area (Å²) in [5, 5.41) is 0. The van der Waals surface area contributed by atoms with E-state index < -0.39 is 0 Å². The first-order valence-corrected chi connectivity index (χ1v) is 6.20. The lowest BCUT2D eigenvalue weighted by Crippen LogP contribution is -2.02. The van der Waals surface area contributed by atoms with Gasteiger partial charge in [-0.2, -0.15) is 0 Å². The molecule has 0 saturated carbocycles. The standard InChI is InChI=1S/C17H16/c1-13-16-10-6-5-9-15(16)11-12-17(13)14-7-3-2-4-8-14/h2-10H,11-12H2,1H3. The van der Waals surface area contributed by atoms with Gasteiger partial charge in [0.25, 0.3) is 0 Å². The van der Waals surface area contributed by atoms with E-state index in [1.54, 1.807) is 0 Å². The van der Waals surface area contributed by atoms with Crippen LogP contribution in [0.5, 0.6) is 0 Å². The predicted molar refractivity (Wildman–Crippen MR) is 73.7 cm³/mol. The summed E-state index contributed by atoms with van der Waals surface area (Å²) < 4.78 is 0. The molecule has 0 atom stereocenters. The SMILES string of the molecule is CC1=C(c2ccccc2)CCc2ccccc21. The fraction of sp³-hybridized carbons (Fsp3) is 0.176. The van der Waals surface area contributed by atoms with Crippen molar-refractivity contribution in [2.45, 2.75) is 19.8 Å². The average molecular weight is 220 g/mol. The van der Waals surface area contributed by atoms with Crippen molar-refractivity contribution in [3.8, 4) is 0 Å². The van der Waals surface area contributed by atoms with Gasteiger partial charge in [-0.05, 0) is 47.6 Å². The third-order valence-corrected chi connectivity index (χ3v) is 3.64. The molecule has 0 heteroatoms. The Hall–Kier alpha value is -1.82. The molecule has 0 heterocycles. The van der Waals surface area contributed by atoms with Crippen molar-refractivity contribution in [3.63, 3.8) is 0 Å². The van der Waals surface area contributed by atoms with Crippen LogP contribution in [-0.2, 0) is 6.42 Å². The van der Waals surface area contributed by atoms with Crippen LogP contribution < -0.4 is 0 Å². The summed E-state index contributed by atoms with van der Waals surface area (Å²) in [5.41, 5.74) is 7.24. The number of fused-ring (bicyclic) bond motifs is 1. The Morgan fingerprint density at radius 1 is 0.765 bits per heavy atom. The Morgan fingerprint density at radius 3 is 2.29 bits per heavy atom. The molecule has 0 aliphatic heterocycles. The number of allylic oxidation sites excluding steroid dienone is 2. The van der Waals surface area contributed by atoms with Gasteiger partial charge in [0.1, 0.15) is 0 Å². The molecule has 0 saturated heterocycles. The molecule has 0 amide bonds. The van der Waals surface area contributed by atoms with Crippen molar-refractivity contribution in [1.82, 2.24) is 0 Å². The zero-order chi connectivity index (χ0) is 11.7. The summed E-state index contributed by atoms with van der Waals surface area (Å²) in [6.07, 6.45) is 2.32. The summed E-state index contributed by atoms with van der Waals surface area (Å²) in [6.45, 7) is 2.25. The third-order valence-electron chi connectivity index (χ3n) is 3.64. The van der Waals surface area contributed by atoms with E-state index in [1.807, 2.05) is 0 Å². The molecule has 0 unspecified atom stereocenters. The molecule has 0 N–H and O–H groups in total. The first-order valence-electron chi connectivity index (χ1n) is 6.20. The van der Waals surface area contributed by atoms with Gasteiger partial charge >= 0.3 is 0 Å². The van der Waals surface area contributed by atoms with E-state index in [0.29, 0.717) is 0 Å². The van der Waals surface area contributed by atoms with E-state index in [4.69, 9.17) is 0 Å². The van der Waals surface area contributed by atoms with Gasteiger partial charge in [-0.1, -0.05) is 54.6 Å². The maximum absolute atomic E-state index is 2.25. The van der Waals surface area contributed by atoms with E-state index in [0.717, 1.165) is 12.8 Å². The molecule has 2 aromatic carbocycles. The lowest BCUT2D eigenvalue weighted by atomic mass is 9.83. The normalized spacial score (nSPS) is 14.6. The van der Waals surface area contributed by atoms with E-state index in [9.17, 15) is 0 Å². The molecule has 1 aliphatic carbocycles. The molecule has 1 aliphatic rings. The molecule has 0 radical (unpaired) electrons. The highest BCUT2D eigenvalue weighted by Crippen LogP contribution is 2.36. The summed E-state index contributed by atoms with van der Waals surface area (Å²) >= 11 is 0. The molecular weight excluding hydrogens is 204 g/mol. The van der Waals surface area contributed by atoms with Crippen LogP contribution in [-0.4, -0.2) is 0 Å². The molecular formula is C17H16. The van der Waals surface area contributed by atoms with Crippen LogP contribution in [0.4, 0.5) is 0 Å². The van der Waals surface area contributed by atoms with Crippen LogP contribution in [0.25, 0.3) is 11.1 Å². The summed E-state index contributed by atoms with van der Waals surface area (Å²) in [4.78, 5) is 0. The second-order valence-electron chi connectivity index (χ2n) is 4.63. The Bertz CT molecular complexity index is 562. The van der Waals surface area contributed by atoms with Gasteiger partial charge in [-0.3, -0.25) is 0 Å². The van der Waals surface area contributed by atoms with Gasteiger partial charge in [0, 0.05) is 0 Å². The topological polar surface area (TPSA) is 0 Å². The van der Waals surface area contributed by atoms with Crippen molar-refractivity contribution in [1.29, 1.82) is 0 Å². The minimum atomic E-state index is 1.16. The fourth-order valence-corrected chi connectivity index (χ4v) is 2.71. The zero-order valence-corrected chi connectivity index (χ0v) is 10.1. The molecule has 2 aromatic rings. The number of hydrogen-bond acceptors (Lipinski definition) is 0. The quantitative estimate of drug-likeness (QED) is 0.660. The molecule has 17 heavy (non-hydrogen) atoms. The molecule has 0 spiro atoms. The monoisotopic (exact) mass is 220 g/mol. The highest BCUT2D eigenvalue weighted by molar-refractivity contribution is 5.92. The van der Waals surface area contributed by atoms with Crippen LogP contribution in [0.1, 0.15) is 30.0 Å². The van der Waals surface area contributed by atoms with Crippen LogP contribution in [0.2, 0.25) is 0 Å². The first kappa shape index (κ1) is 10.3. The molecule has 0 fully saturated rings. The molecule has 0 nitrogen and oxygen atoms in total. The smallest absolute Gasteiger partial charge is 0.0192 e. The largest absolute Gasteiger partial charge is 0.0622 e. The molecule has 0 bridgehead atoms. The van der Waals surface area contributed by atoms with Gasteiger partial charge in [0.2, 0.25) is 0 Å². The van der Waals surface area contributed by atoms with Gasteiger partial charge in [-0.15, -0.1) is 0 Å². The first-order chi connectivity index (χ1) is 8.36. The molecule has 3 rings (SSSR count). The molecule has 0 aromatic heterocycles. The number of benzene rings is 2. The minimum absolute atomic E-state index is 1.16. The fourth-order valence-electron chi connectivity index (χ4n) is 2.71. The average Bonchev–Trinajstić information content (AvgIpc) is 2.40. The number of rotatable bonds is 1. The summed E-state index contributed by atoms with van der Waals surface area (Å²) in [7, 11) is 0. The van der Waals surface area contributed by atoms with Crippen molar-refractivity contribution >= 4 is 11.1 Å². The van der Waals surface area contributed by atoms with Gasteiger partial charge in [0.05, 0.1) is 0 Å². The number of aryl methyl sites for hydroxylation is 1. The van der Waals surface area contributed by atoms with Gasteiger partial charge in [0.15, 0.2) is 0 Å². The third kappa shape index (κ3) is 1.80. The second-order valence-corrected chi connectivity index (χ2v) is 4.63. The Morgan fingerprint density at radius 2 is 1.47 bits per heavy atom. The zero-order valence-electron chi connectivity index (χ0n) is 10.1. The highest BCUT2D eigenvalue weighted by atomic mass is 14.2. The van der Waals surface area contributed by atoms with Crippen LogP contribution in [0.15, 0.2) is 54.6 Å². The maximum atomic E-state index is 2.25. The lowest BCUT2D eigenvalue weighted by Gasteiger charge is -2.21. The van der Waals surface area contributed by atoms with Crippen molar-refractivity contribution in [2.24, 2.45) is 0 Å². The summed E-state index contributed by atoms with van der Waals surface area (Å²) in [5.74, 6) is 0. The Kier molecular flexibility index (Phi) is 2.56. The van der Waals surface area contributed by atoms with Crippen molar-refractivity contribution in [3.05, 3.63) is 71.3 Å². The van der Waals surface area contributed by atoms with Gasteiger partial charge < -0.3 is 0 Å². The predicted octanol–water partition coefficient (Wildman–Crippen LogP) is 4.56. The minimum Gasteiger partial charge on any atom is -0.0622 e. The second kappa shape index (κ2) is 4.21. The van der Waals surface area contributed by atoms with Crippen molar-refractivity contribution < 1.29 is 0 Å². The number of hydrogen-bond donors (Lipinski definition) is 0. The van der Waals surface area contributed by atoms with E-state index in [1.165, 1.54) is 27.8 Å². The highest BCUT2D eigenvalue weighted by Gasteiger charge is 2.15. The summed E-state index contributed by atoms with van der Waals surface area (Å²) in [6, 6.07) is 19.5. The van der Waals surface area contributed by atoms with Crippen molar-refractivity contribution in [2.75, 3.05) is 0 Å².